The Balaban J connectivity index is 1.56. The Hall–Kier alpha value is -1.40. The van der Waals surface area contributed by atoms with Crippen molar-refractivity contribution < 1.29 is 9.13 Å². The molecule has 2 saturated carbocycles. The molecule has 0 aromatic heterocycles. The SMILES string of the molecule is CCCCOC1CCC2CC(c3ccc(C#N)c(F)c3)CCC2C1. The number of hydrogen-bond acceptors (Lipinski definition) is 2. The minimum atomic E-state index is -0.370. The van der Waals surface area contributed by atoms with Crippen molar-refractivity contribution in [2.75, 3.05) is 6.61 Å². The van der Waals surface area contributed by atoms with E-state index in [-0.39, 0.29) is 11.4 Å². The van der Waals surface area contributed by atoms with Gasteiger partial charge in [0.1, 0.15) is 11.9 Å². The van der Waals surface area contributed by atoms with Crippen molar-refractivity contribution in [3.8, 4) is 6.07 Å². The van der Waals surface area contributed by atoms with E-state index in [1.165, 1.54) is 32.1 Å². The van der Waals surface area contributed by atoms with Gasteiger partial charge < -0.3 is 4.74 Å². The van der Waals surface area contributed by atoms with Gasteiger partial charge >= 0.3 is 0 Å². The summed E-state index contributed by atoms with van der Waals surface area (Å²) in [6.07, 6.45) is 9.98. The number of unbranched alkanes of at least 4 members (excludes halogenated alkanes) is 1. The van der Waals surface area contributed by atoms with Crippen LogP contribution in [-0.4, -0.2) is 12.7 Å². The third-order valence-electron chi connectivity index (χ3n) is 6.00. The highest BCUT2D eigenvalue weighted by Gasteiger charge is 2.36. The highest BCUT2D eigenvalue weighted by atomic mass is 19.1. The summed E-state index contributed by atoms with van der Waals surface area (Å²) in [6, 6.07) is 7.08. The number of halogens is 1. The highest BCUT2D eigenvalue weighted by Crippen LogP contribution is 2.46. The van der Waals surface area contributed by atoms with Crippen LogP contribution in [0.3, 0.4) is 0 Å². The topological polar surface area (TPSA) is 33.0 Å². The summed E-state index contributed by atoms with van der Waals surface area (Å²) < 4.78 is 19.9. The van der Waals surface area contributed by atoms with Crippen LogP contribution in [0.25, 0.3) is 0 Å². The van der Waals surface area contributed by atoms with Crippen LogP contribution in [0.2, 0.25) is 0 Å². The van der Waals surface area contributed by atoms with Gasteiger partial charge in [-0.25, -0.2) is 4.39 Å². The largest absolute Gasteiger partial charge is 0.378 e. The van der Waals surface area contributed by atoms with Gasteiger partial charge in [-0.2, -0.15) is 5.26 Å². The van der Waals surface area contributed by atoms with E-state index in [9.17, 15) is 4.39 Å². The van der Waals surface area contributed by atoms with Gasteiger partial charge in [0.15, 0.2) is 0 Å². The van der Waals surface area contributed by atoms with E-state index in [1.54, 1.807) is 12.1 Å². The molecule has 2 aliphatic carbocycles. The predicted octanol–water partition coefficient (Wildman–Crippen LogP) is 5.57. The normalized spacial score (nSPS) is 29.7. The average molecular weight is 329 g/mol. The first-order valence-corrected chi connectivity index (χ1v) is 9.52. The lowest BCUT2D eigenvalue weighted by molar-refractivity contribution is -0.0159. The zero-order valence-electron chi connectivity index (χ0n) is 14.6. The molecule has 2 fully saturated rings. The lowest BCUT2D eigenvalue weighted by Gasteiger charge is -2.42. The van der Waals surface area contributed by atoms with Gasteiger partial charge in [-0.05, 0) is 80.4 Å². The summed E-state index contributed by atoms with van der Waals surface area (Å²) >= 11 is 0. The Kier molecular flexibility index (Phi) is 5.89. The molecule has 0 spiro atoms. The smallest absolute Gasteiger partial charge is 0.141 e. The fourth-order valence-corrected chi connectivity index (χ4v) is 4.57. The van der Waals surface area contributed by atoms with Crippen LogP contribution in [0.4, 0.5) is 4.39 Å². The lowest BCUT2D eigenvalue weighted by atomic mass is 9.65. The van der Waals surface area contributed by atoms with E-state index in [0.29, 0.717) is 12.0 Å². The number of nitriles is 1. The van der Waals surface area contributed by atoms with Gasteiger partial charge in [-0.15, -0.1) is 0 Å². The third-order valence-corrected chi connectivity index (χ3v) is 6.00. The fourth-order valence-electron chi connectivity index (χ4n) is 4.57. The van der Waals surface area contributed by atoms with Crippen molar-refractivity contribution in [1.82, 2.24) is 0 Å². The van der Waals surface area contributed by atoms with Crippen LogP contribution in [-0.2, 0) is 4.74 Å². The standard InChI is InChI=1S/C21H28FNO/c1-2-3-10-24-20-9-8-16-11-15(4-5-17(16)12-20)18-6-7-19(14-23)21(22)13-18/h6-7,13,15-17,20H,2-5,8-12H2,1H3. The molecular formula is C21H28FNO. The molecule has 0 saturated heterocycles. The fraction of sp³-hybridized carbons (Fsp3) is 0.667. The summed E-state index contributed by atoms with van der Waals surface area (Å²) in [4.78, 5) is 0. The Labute approximate surface area is 145 Å². The van der Waals surface area contributed by atoms with Gasteiger partial charge in [-0.3, -0.25) is 0 Å². The molecule has 4 atom stereocenters. The van der Waals surface area contributed by atoms with Crippen molar-refractivity contribution in [3.05, 3.63) is 35.1 Å². The zero-order valence-corrected chi connectivity index (χ0v) is 14.6. The first kappa shape index (κ1) is 17.4. The van der Waals surface area contributed by atoms with E-state index in [0.717, 1.165) is 43.3 Å². The molecule has 0 heterocycles. The van der Waals surface area contributed by atoms with Crippen molar-refractivity contribution in [2.45, 2.75) is 70.3 Å². The Bertz CT molecular complexity index is 594. The van der Waals surface area contributed by atoms with Crippen LogP contribution < -0.4 is 0 Å². The molecule has 130 valence electrons. The molecule has 2 aliphatic rings. The Morgan fingerprint density at radius 2 is 1.96 bits per heavy atom. The van der Waals surface area contributed by atoms with Crippen molar-refractivity contribution in [2.24, 2.45) is 11.8 Å². The maximum Gasteiger partial charge on any atom is 0.141 e. The maximum absolute atomic E-state index is 13.9. The summed E-state index contributed by atoms with van der Waals surface area (Å²) in [5.41, 5.74) is 1.23. The molecule has 0 aliphatic heterocycles. The van der Waals surface area contributed by atoms with Crippen molar-refractivity contribution in [3.63, 3.8) is 0 Å². The number of hydrogen-bond donors (Lipinski definition) is 0. The second kappa shape index (κ2) is 8.12. The second-order valence-corrected chi connectivity index (χ2v) is 7.54. The number of ether oxygens (including phenoxy) is 1. The minimum Gasteiger partial charge on any atom is -0.378 e. The molecule has 3 rings (SSSR count). The first-order valence-electron chi connectivity index (χ1n) is 9.52. The molecule has 1 aromatic rings. The number of fused-ring (bicyclic) bond motifs is 1. The molecule has 3 heteroatoms. The molecule has 2 nitrogen and oxygen atoms in total. The third kappa shape index (κ3) is 3.98. The van der Waals surface area contributed by atoms with Gasteiger partial charge in [0.05, 0.1) is 11.7 Å². The van der Waals surface area contributed by atoms with Gasteiger partial charge in [0.2, 0.25) is 0 Å². The van der Waals surface area contributed by atoms with E-state index in [4.69, 9.17) is 10.00 Å². The minimum absolute atomic E-state index is 0.150. The van der Waals surface area contributed by atoms with Crippen LogP contribution in [0.15, 0.2) is 18.2 Å². The quantitative estimate of drug-likeness (QED) is 0.662. The Morgan fingerprint density at radius 3 is 2.71 bits per heavy atom. The van der Waals surface area contributed by atoms with E-state index >= 15 is 0 Å². The molecule has 4 unspecified atom stereocenters. The molecule has 24 heavy (non-hydrogen) atoms. The molecular weight excluding hydrogens is 301 g/mol. The molecule has 0 radical (unpaired) electrons. The first-order chi connectivity index (χ1) is 11.7. The van der Waals surface area contributed by atoms with Gasteiger partial charge in [-0.1, -0.05) is 19.4 Å². The van der Waals surface area contributed by atoms with Crippen molar-refractivity contribution >= 4 is 0 Å². The molecule has 0 amide bonds. The van der Waals surface area contributed by atoms with E-state index in [1.807, 2.05) is 12.1 Å². The van der Waals surface area contributed by atoms with Crippen LogP contribution >= 0.6 is 0 Å². The van der Waals surface area contributed by atoms with Gasteiger partial charge in [0, 0.05) is 6.61 Å². The zero-order chi connectivity index (χ0) is 16.9. The summed E-state index contributed by atoms with van der Waals surface area (Å²) in [5.74, 6) is 1.62. The number of benzene rings is 1. The predicted molar refractivity (Wildman–Crippen MR) is 93.2 cm³/mol. The molecule has 0 bridgehead atoms. The summed E-state index contributed by atoms with van der Waals surface area (Å²) in [5, 5.41) is 8.87. The lowest BCUT2D eigenvalue weighted by Crippen LogP contribution is -2.34. The Morgan fingerprint density at radius 1 is 1.17 bits per heavy atom. The number of nitrogens with zero attached hydrogens (tertiary/aromatic N) is 1. The summed E-state index contributed by atoms with van der Waals surface area (Å²) in [7, 11) is 0. The second-order valence-electron chi connectivity index (χ2n) is 7.54. The highest BCUT2D eigenvalue weighted by molar-refractivity contribution is 5.35. The average Bonchev–Trinajstić information content (AvgIpc) is 2.61. The maximum atomic E-state index is 13.9. The van der Waals surface area contributed by atoms with Crippen molar-refractivity contribution in [1.29, 1.82) is 5.26 Å². The van der Waals surface area contributed by atoms with Gasteiger partial charge in [0.25, 0.3) is 0 Å². The molecule has 1 aromatic carbocycles. The number of rotatable bonds is 5. The summed E-state index contributed by atoms with van der Waals surface area (Å²) in [6.45, 7) is 3.11. The molecule has 0 N–H and O–H groups in total. The van der Waals surface area contributed by atoms with E-state index < -0.39 is 0 Å². The van der Waals surface area contributed by atoms with Crippen LogP contribution in [0, 0.1) is 29.0 Å². The monoisotopic (exact) mass is 329 g/mol. The van der Waals surface area contributed by atoms with Crippen LogP contribution in [0.5, 0.6) is 0 Å². The van der Waals surface area contributed by atoms with E-state index in [2.05, 4.69) is 6.92 Å². The van der Waals surface area contributed by atoms with Crippen LogP contribution in [0.1, 0.15) is 75.3 Å².